The Hall–Kier alpha value is -1.20. The summed E-state index contributed by atoms with van der Waals surface area (Å²) in [6.07, 6.45) is 0.158. The predicted molar refractivity (Wildman–Crippen MR) is 62.3 cm³/mol. The van der Waals surface area contributed by atoms with E-state index in [9.17, 15) is 9.50 Å². The van der Waals surface area contributed by atoms with Gasteiger partial charge in [0, 0.05) is 18.7 Å². The van der Waals surface area contributed by atoms with Crippen LogP contribution in [0.25, 0.3) is 0 Å². The second-order valence-corrected chi connectivity index (χ2v) is 4.44. The summed E-state index contributed by atoms with van der Waals surface area (Å²) in [7, 11) is 0. The number of aliphatic hydroxyl groups is 1. The number of pyridine rings is 1. The quantitative estimate of drug-likeness (QED) is 0.792. The van der Waals surface area contributed by atoms with Crippen molar-refractivity contribution in [1.29, 1.82) is 0 Å². The van der Waals surface area contributed by atoms with E-state index in [1.807, 2.05) is 18.7 Å². The Kier molecular flexibility index (Phi) is 3.59. The van der Waals surface area contributed by atoms with Crippen molar-refractivity contribution in [1.82, 2.24) is 4.98 Å². The lowest BCUT2D eigenvalue weighted by Crippen LogP contribution is -2.46. The summed E-state index contributed by atoms with van der Waals surface area (Å²) >= 11 is 0. The van der Waals surface area contributed by atoms with Gasteiger partial charge in [0.15, 0.2) is 0 Å². The van der Waals surface area contributed by atoms with Crippen LogP contribution in [0.3, 0.4) is 0 Å². The van der Waals surface area contributed by atoms with E-state index in [0.717, 1.165) is 0 Å². The van der Waals surface area contributed by atoms with E-state index in [0.29, 0.717) is 24.5 Å². The number of hydrogen-bond acceptors (Lipinski definition) is 4. The number of aromatic nitrogens is 1. The topological polar surface area (TPSA) is 45.6 Å². The van der Waals surface area contributed by atoms with Crippen LogP contribution in [-0.2, 0) is 11.3 Å². The normalized spacial score (nSPS) is 25.1. The van der Waals surface area contributed by atoms with E-state index < -0.39 is 5.95 Å². The van der Waals surface area contributed by atoms with Gasteiger partial charge in [0.1, 0.15) is 5.82 Å². The summed E-state index contributed by atoms with van der Waals surface area (Å²) in [5, 5.41) is 9.25. The Labute approximate surface area is 100 Å². The van der Waals surface area contributed by atoms with Gasteiger partial charge < -0.3 is 14.7 Å². The maximum absolute atomic E-state index is 13.2. The highest BCUT2D eigenvalue weighted by Crippen LogP contribution is 2.22. The minimum atomic E-state index is -0.524. The maximum Gasteiger partial charge on any atom is 0.214 e. The molecule has 4 nitrogen and oxygen atoms in total. The van der Waals surface area contributed by atoms with E-state index >= 15 is 0 Å². The van der Waals surface area contributed by atoms with Gasteiger partial charge >= 0.3 is 0 Å². The van der Waals surface area contributed by atoms with Crippen molar-refractivity contribution >= 4 is 5.82 Å². The zero-order chi connectivity index (χ0) is 12.4. The van der Waals surface area contributed by atoms with Gasteiger partial charge in [0.2, 0.25) is 5.95 Å². The minimum absolute atomic E-state index is 0.0790. The fraction of sp³-hybridized carbons (Fsp3) is 0.583. The molecule has 0 aromatic carbocycles. The second kappa shape index (κ2) is 4.98. The highest BCUT2D eigenvalue weighted by molar-refractivity contribution is 5.47. The van der Waals surface area contributed by atoms with E-state index in [4.69, 9.17) is 4.74 Å². The molecule has 1 aromatic rings. The lowest BCUT2D eigenvalue weighted by molar-refractivity contribution is -0.00561. The molecule has 0 spiro atoms. The average Bonchev–Trinajstić information content (AvgIpc) is 2.27. The monoisotopic (exact) mass is 240 g/mol. The molecule has 1 N–H and O–H groups in total. The van der Waals surface area contributed by atoms with Crippen molar-refractivity contribution in [2.75, 3.05) is 18.0 Å². The van der Waals surface area contributed by atoms with Crippen LogP contribution in [0.15, 0.2) is 12.1 Å². The zero-order valence-electron chi connectivity index (χ0n) is 10.1. The molecule has 17 heavy (non-hydrogen) atoms. The molecule has 0 unspecified atom stereocenters. The smallest absolute Gasteiger partial charge is 0.214 e. The van der Waals surface area contributed by atoms with Crippen LogP contribution in [0, 0.1) is 5.95 Å². The van der Waals surface area contributed by atoms with Crippen LogP contribution in [0.5, 0.6) is 0 Å². The summed E-state index contributed by atoms with van der Waals surface area (Å²) in [6.45, 7) is 5.13. The third-order valence-corrected chi connectivity index (χ3v) is 2.81. The van der Waals surface area contributed by atoms with Crippen molar-refractivity contribution in [3.63, 3.8) is 0 Å². The summed E-state index contributed by atoms with van der Waals surface area (Å²) in [6, 6.07) is 2.84. The van der Waals surface area contributed by atoms with Gasteiger partial charge in [-0.3, -0.25) is 0 Å². The van der Waals surface area contributed by atoms with Crippen LogP contribution in [-0.4, -0.2) is 35.4 Å². The number of nitrogens with zero attached hydrogens (tertiary/aromatic N) is 2. The molecule has 5 heteroatoms. The lowest BCUT2D eigenvalue weighted by Gasteiger charge is -2.36. The summed E-state index contributed by atoms with van der Waals surface area (Å²) < 4.78 is 18.8. The molecule has 0 aliphatic carbocycles. The first-order valence-electron chi connectivity index (χ1n) is 5.77. The Morgan fingerprint density at radius 3 is 2.65 bits per heavy atom. The van der Waals surface area contributed by atoms with E-state index in [-0.39, 0.29) is 18.8 Å². The van der Waals surface area contributed by atoms with E-state index in [1.54, 1.807) is 6.07 Å². The number of halogens is 1. The van der Waals surface area contributed by atoms with Crippen LogP contribution in [0.4, 0.5) is 10.2 Å². The molecule has 94 valence electrons. The first-order valence-corrected chi connectivity index (χ1v) is 5.77. The first-order chi connectivity index (χ1) is 8.10. The number of ether oxygens (including phenoxy) is 1. The maximum atomic E-state index is 13.2. The van der Waals surface area contributed by atoms with Gasteiger partial charge in [0.25, 0.3) is 0 Å². The molecule has 2 rings (SSSR count). The van der Waals surface area contributed by atoms with Crippen molar-refractivity contribution in [2.24, 2.45) is 0 Å². The predicted octanol–water partition coefficient (Wildman–Crippen LogP) is 1.33. The Bertz CT molecular complexity index is 390. The highest BCUT2D eigenvalue weighted by atomic mass is 19.1. The molecule has 1 saturated heterocycles. The first kappa shape index (κ1) is 12.3. The van der Waals surface area contributed by atoms with Gasteiger partial charge in [-0.05, 0) is 26.0 Å². The highest BCUT2D eigenvalue weighted by Gasteiger charge is 2.24. The lowest BCUT2D eigenvalue weighted by atomic mass is 10.2. The molecule has 1 aromatic heterocycles. The molecule has 0 radical (unpaired) electrons. The molecule has 0 amide bonds. The third-order valence-electron chi connectivity index (χ3n) is 2.81. The summed E-state index contributed by atoms with van der Waals surface area (Å²) in [5.74, 6) is -0.00139. The zero-order valence-corrected chi connectivity index (χ0v) is 10.1. The van der Waals surface area contributed by atoms with Gasteiger partial charge in [-0.1, -0.05) is 0 Å². The number of morpholine rings is 1. The number of hydrogen-bond donors (Lipinski definition) is 1. The molecule has 0 bridgehead atoms. The van der Waals surface area contributed by atoms with E-state index in [1.165, 1.54) is 6.07 Å². The molecule has 1 aliphatic heterocycles. The fourth-order valence-electron chi connectivity index (χ4n) is 2.20. The number of aliphatic hydroxyl groups excluding tert-OH is 1. The fourth-order valence-corrected chi connectivity index (χ4v) is 2.20. The average molecular weight is 240 g/mol. The largest absolute Gasteiger partial charge is 0.392 e. The van der Waals surface area contributed by atoms with Gasteiger partial charge in [-0.2, -0.15) is 4.39 Å². The second-order valence-electron chi connectivity index (χ2n) is 4.44. The molecule has 1 aliphatic rings. The molecular weight excluding hydrogens is 223 g/mol. The van der Waals surface area contributed by atoms with Crippen molar-refractivity contribution < 1.29 is 14.2 Å². The summed E-state index contributed by atoms with van der Waals surface area (Å²) in [4.78, 5) is 5.85. The van der Waals surface area contributed by atoms with Gasteiger partial charge in [-0.15, -0.1) is 0 Å². The third kappa shape index (κ3) is 2.73. The van der Waals surface area contributed by atoms with Crippen molar-refractivity contribution in [3.8, 4) is 0 Å². The van der Waals surface area contributed by atoms with Crippen LogP contribution >= 0.6 is 0 Å². The molecule has 0 saturated carbocycles. The molecule has 2 atom stereocenters. The molecular formula is C12H17FN2O2. The standard InChI is InChI=1S/C12H17FN2O2/c1-8-5-15(6-9(2)17-8)12-10(7-16)3-4-11(13)14-12/h3-4,8-9,16H,5-7H2,1-2H3/t8-,9+. The minimum Gasteiger partial charge on any atom is -0.392 e. The molecule has 1 fully saturated rings. The summed E-state index contributed by atoms with van der Waals surface area (Å²) in [5.41, 5.74) is 0.646. The molecule has 2 heterocycles. The van der Waals surface area contributed by atoms with Crippen molar-refractivity contribution in [2.45, 2.75) is 32.7 Å². The van der Waals surface area contributed by atoms with Gasteiger partial charge in [-0.25, -0.2) is 4.98 Å². The Morgan fingerprint density at radius 1 is 1.41 bits per heavy atom. The van der Waals surface area contributed by atoms with Gasteiger partial charge in [0.05, 0.1) is 18.8 Å². The van der Waals surface area contributed by atoms with Crippen LogP contribution in [0.2, 0.25) is 0 Å². The van der Waals surface area contributed by atoms with Crippen LogP contribution in [0.1, 0.15) is 19.4 Å². The van der Waals surface area contributed by atoms with Crippen molar-refractivity contribution in [3.05, 3.63) is 23.6 Å². The SMILES string of the molecule is C[C@@H]1CN(c2nc(F)ccc2CO)C[C@H](C)O1. The Balaban J connectivity index is 2.28. The number of anilines is 1. The van der Waals surface area contributed by atoms with E-state index in [2.05, 4.69) is 4.98 Å². The number of rotatable bonds is 2. The van der Waals surface area contributed by atoms with Crippen LogP contribution < -0.4 is 4.90 Å². The Morgan fingerprint density at radius 2 is 2.06 bits per heavy atom.